The Balaban J connectivity index is 1.59. The van der Waals surface area contributed by atoms with Crippen molar-refractivity contribution in [3.63, 3.8) is 0 Å². The summed E-state index contributed by atoms with van der Waals surface area (Å²) in [5.74, 6) is 3.25. The molecule has 1 N–H and O–H groups in total. The average Bonchev–Trinajstić information content (AvgIpc) is 3.40. The molecule has 8 heteroatoms. The normalized spacial score (nSPS) is 11.1. The predicted molar refractivity (Wildman–Crippen MR) is 116 cm³/mol. The number of hydrogen-bond acceptors (Lipinski definition) is 6. The lowest BCUT2D eigenvalue weighted by Gasteiger charge is -2.09. The van der Waals surface area contributed by atoms with Gasteiger partial charge in [-0.15, -0.1) is 10.2 Å². The third-order valence-corrected chi connectivity index (χ3v) is 4.94. The van der Waals surface area contributed by atoms with Gasteiger partial charge in [0.25, 0.3) is 0 Å². The number of tetrazole rings is 1. The largest absolute Gasteiger partial charge is 0.245 e. The lowest BCUT2D eigenvalue weighted by Crippen LogP contribution is -2.07. The van der Waals surface area contributed by atoms with Crippen molar-refractivity contribution in [1.82, 2.24) is 35.4 Å². The minimum atomic E-state index is 0.591. The maximum Gasteiger partial charge on any atom is 0.205 e. The Bertz CT molecular complexity index is 1060. The van der Waals surface area contributed by atoms with Crippen molar-refractivity contribution in [3.8, 4) is 22.5 Å². The first-order valence-corrected chi connectivity index (χ1v) is 10.4. The lowest BCUT2D eigenvalue weighted by molar-refractivity contribution is 0.625. The minimum Gasteiger partial charge on any atom is -0.245 e. The van der Waals surface area contributed by atoms with Crippen LogP contribution in [-0.2, 0) is 19.4 Å². The van der Waals surface area contributed by atoms with E-state index in [1.165, 1.54) is 5.56 Å². The molecule has 0 atom stereocenters. The van der Waals surface area contributed by atoms with Crippen molar-refractivity contribution < 1.29 is 0 Å². The van der Waals surface area contributed by atoms with Gasteiger partial charge >= 0.3 is 0 Å². The van der Waals surface area contributed by atoms with Gasteiger partial charge < -0.3 is 0 Å². The van der Waals surface area contributed by atoms with E-state index in [4.69, 9.17) is 0 Å². The van der Waals surface area contributed by atoms with Crippen LogP contribution in [0.4, 0.5) is 0 Å². The van der Waals surface area contributed by atoms with Crippen molar-refractivity contribution in [1.29, 1.82) is 0 Å². The van der Waals surface area contributed by atoms with Gasteiger partial charge in [-0.05, 0) is 34.1 Å². The standard InChI is InChI=1S/C21H23N7S/c1-2-5-20-22-19(12-13-29)25-28(20)14-15-8-10-16(11-9-15)17-6-3-4-7-18(17)21-23-26-27-24-21/h3-4,6-11,29H,2,5,12-14H2,1H3,(H,23,24,26,27). The molecule has 7 nitrogen and oxygen atoms in total. The molecule has 0 aliphatic carbocycles. The number of aromatic nitrogens is 7. The van der Waals surface area contributed by atoms with Crippen LogP contribution in [0.2, 0.25) is 0 Å². The number of aromatic amines is 1. The SMILES string of the molecule is CCCc1nc(CCS)nn1Cc1ccc(-c2ccccc2-c2nn[nH]n2)cc1. The van der Waals surface area contributed by atoms with Crippen LogP contribution in [0.3, 0.4) is 0 Å². The number of nitrogens with zero attached hydrogens (tertiary/aromatic N) is 6. The molecular formula is C21H23N7S. The highest BCUT2D eigenvalue weighted by Crippen LogP contribution is 2.29. The summed E-state index contributed by atoms with van der Waals surface area (Å²) in [4.78, 5) is 4.67. The maximum atomic E-state index is 4.67. The van der Waals surface area contributed by atoms with Gasteiger partial charge in [-0.1, -0.05) is 55.5 Å². The van der Waals surface area contributed by atoms with Crippen LogP contribution in [0.1, 0.15) is 30.6 Å². The number of H-pyrrole nitrogens is 1. The average molecular weight is 406 g/mol. The molecule has 0 spiro atoms. The Morgan fingerprint density at radius 3 is 2.48 bits per heavy atom. The summed E-state index contributed by atoms with van der Waals surface area (Å²) in [5, 5.41) is 19.1. The fourth-order valence-electron chi connectivity index (χ4n) is 3.34. The van der Waals surface area contributed by atoms with E-state index in [1.54, 1.807) is 0 Å². The Hall–Kier alpha value is -3.00. The molecule has 0 bridgehead atoms. The predicted octanol–water partition coefficient (Wildman–Crippen LogP) is 3.60. The number of benzene rings is 2. The topological polar surface area (TPSA) is 85.2 Å². The summed E-state index contributed by atoms with van der Waals surface area (Å²) in [5.41, 5.74) is 4.32. The molecule has 0 fully saturated rings. The molecule has 2 aromatic carbocycles. The molecule has 29 heavy (non-hydrogen) atoms. The van der Waals surface area contributed by atoms with Crippen LogP contribution in [-0.4, -0.2) is 41.1 Å². The molecule has 0 aliphatic rings. The lowest BCUT2D eigenvalue weighted by atomic mass is 9.98. The van der Waals surface area contributed by atoms with Crippen LogP contribution in [0.5, 0.6) is 0 Å². The first kappa shape index (κ1) is 19.3. The van der Waals surface area contributed by atoms with Crippen LogP contribution in [0.15, 0.2) is 48.5 Å². The Kier molecular flexibility index (Phi) is 6.00. The highest BCUT2D eigenvalue weighted by Gasteiger charge is 2.12. The van der Waals surface area contributed by atoms with E-state index in [-0.39, 0.29) is 0 Å². The van der Waals surface area contributed by atoms with Crippen molar-refractivity contribution >= 4 is 12.6 Å². The molecule has 0 saturated heterocycles. The maximum absolute atomic E-state index is 4.67. The smallest absolute Gasteiger partial charge is 0.205 e. The van der Waals surface area contributed by atoms with Crippen LogP contribution < -0.4 is 0 Å². The fraction of sp³-hybridized carbons (Fsp3) is 0.286. The summed E-state index contributed by atoms with van der Waals surface area (Å²) in [7, 11) is 0. The van der Waals surface area contributed by atoms with E-state index < -0.39 is 0 Å². The number of rotatable bonds is 8. The highest BCUT2D eigenvalue weighted by molar-refractivity contribution is 7.80. The summed E-state index contributed by atoms with van der Waals surface area (Å²) in [6.07, 6.45) is 2.76. The summed E-state index contributed by atoms with van der Waals surface area (Å²) in [6.45, 7) is 2.87. The molecule has 4 aromatic rings. The van der Waals surface area contributed by atoms with Crippen molar-refractivity contribution in [2.45, 2.75) is 32.7 Å². The first-order valence-electron chi connectivity index (χ1n) is 9.74. The van der Waals surface area contributed by atoms with E-state index in [0.29, 0.717) is 12.4 Å². The first-order chi connectivity index (χ1) is 14.3. The van der Waals surface area contributed by atoms with Gasteiger partial charge in [-0.2, -0.15) is 22.9 Å². The van der Waals surface area contributed by atoms with E-state index in [2.05, 4.69) is 80.6 Å². The zero-order valence-electron chi connectivity index (χ0n) is 16.3. The van der Waals surface area contributed by atoms with E-state index in [0.717, 1.165) is 53.4 Å². The van der Waals surface area contributed by atoms with Crippen LogP contribution >= 0.6 is 12.6 Å². The second kappa shape index (κ2) is 9.00. The van der Waals surface area contributed by atoms with E-state index in [1.807, 2.05) is 22.9 Å². The van der Waals surface area contributed by atoms with Gasteiger partial charge in [0.1, 0.15) is 5.82 Å². The van der Waals surface area contributed by atoms with Crippen molar-refractivity contribution in [2.75, 3.05) is 5.75 Å². The molecule has 148 valence electrons. The molecular weight excluding hydrogens is 382 g/mol. The molecule has 2 heterocycles. The third-order valence-electron chi connectivity index (χ3n) is 4.71. The Labute approximate surface area is 175 Å². The molecule has 4 rings (SSSR count). The molecule has 0 radical (unpaired) electrons. The van der Waals surface area contributed by atoms with Gasteiger partial charge in [0.2, 0.25) is 5.82 Å². The Morgan fingerprint density at radius 2 is 1.79 bits per heavy atom. The Morgan fingerprint density at radius 1 is 1.00 bits per heavy atom. The number of nitrogens with one attached hydrogen (secondary N) is 1. The van der Waals surface area contributed by atoms with Gasteiger partial charge in [0.15, 0.2) is 5.82 Å². The third kappa shape index (κ3) is 4.37. The molecule has 0 aliphatic heterocycles. The molecule has 2 aromatic heterocycles. The monoisotopic (exact) mass is 405 g/mol. The van der Waals surface area contributed by atoms with Crippen LogP contribution in [0.25, 0.3) is 22.5 Å². The van der Waals surface area contributed by atoms with Gasteiger partial charge in [0.05, 0.1) is 6.54 Å². The second-order valence-electron chi connectivity index (χ2n) is 6.80. The van der Waals surface area contributed by atoms with Gasteiger partial charge in [0, 0.05) is 18.4 Å². The molecule has 0 unspecified atom stereocenters. The summed E-state index contributed by atoms with van der Waals surface area (Å²) >= 11 is 4.30. The van der Waals surface area contributed by atoms with Gasteiger partial charge in [-0.3, -0.25) is 0 Å². The summed E-state index contributed by atoms with van der Waals surface area (Å²) in [6, 6.07) is 16.6. The highest BCUT2D eigenvalue weighted by atomic mass is 32.1. The second-order valence-corrected chi connectivity index (χ2v) is 7.25. The number of aryl methyl sites for hydroxylation is 2. The van der Waals surface area contributed by atoms with Crippen LogP contribution in [0, 0.1) is 0 Å². The summed E-state index contributed by atoms with van der Waals surface area (Å²) < 4.78 is 2.02. The quantitative estimate of drug-likeness (QED) is 0.438. The number of thiol groups is 1. The zero-order valence-corrected chi connectivity index (χ0v) is 17.2. The molecule has 0 saturated carbocycles. The molecule has 0 amide bonds. The number of hydrogen-bond donors (Lipinski definition) is 2. The fourth-order valence-corrected chi connectivity index (χ4v) is 3.54. The zero-order chi connectivity index (χ0) is 20.1. The van der Waals surface area contributed by atoms with Crippen molar-refractivity contribution in [2.24, 2.45) is 0 Å². The van der Waals surface area contributed by atoms with E-state index >= 15 is 0 Å². The van der Waals surface area contributed by atoms with Gasteiger partial charge in [-0.25, -0.2) is 9.67 Å². The van der Waals surface area contributed by atoms with E-state index in [9.17, 15) is 0 Å². The minimum absolute atomic E-state index is 0.591. The van der Waals surface area contributed by atoms with Crippen molar-refractivity contribution in [3.05, 3.63) is 65.7 Å².